The normalized spacial score (nSPS) is 11.6. The number of hydrogen-bond acceptors (Lipinski definition) is 7. The second kappa shape index (κ2) is 5.95. The predicted molar refractivity (Wildman–Crippen MR) is 67.8 cm³/mol. The highest BCUT2D eigenvalue weighted by atomic mass is 32.2. The maximum absolute atomic E-state index is 11.5. The van der Waals surface area contributed by atoms with Crippen LogP contribution in [-0.2, 0) is 9.84 Å². The molecule has 0 fully saturated rings. The standard InChI is InChI=1S/C10H14N2O6S/c1-19(17,18)9-4-2-3-8(10(9)12(15)16)11-7(5-13)6-14/h2-4,7,11,13-14H,5-6H2,1H3. The molecular formula is C10H14N2O6S. The fourth-order valence-corrected chi connectivity index (χ4v) is 2.36. The SMILES string of the molecule is CS(=O)(=O)c1cccc(NC(CO)CO)c1[N+](=O)[O-]. The van der Waals surface area contributed by atoms with E-state index in [2.05, 4.69) is 5.32 Å². The summed E-state index contributed by atoms with van der Waals surface area (Å²) >= 11 is 0. The molecule has 0 saturated heterocycles. The molecule has 0 saturated carbocycles. The molecule has 0 atom stereocenters. The Bertz CT molecular complexity index is 567. The number of nitrogens with one attached hydrogen (secondary N) is 1. The number of nitrogens with zero attached hydrogens (tertiary/aromatic N) is 1. The van der Waals surface area contributed by atoms with Crippen molar-refractivity contribution in [2.24, 2.45) is 0 Å². The minimum atomic E-state index is -3.76. The van der Waals surface area contributed by atoms with E-state index < -0.39 is 44.6 Å². The Kier molecular flexibility index (Phi) is 4.81. The van der Waals surface area contributed by atoms with Crippen molar-refractivity contribution in [1.82, 2.24) is 0 Å². The van der Waals surface area contributed by atoms with Crippen LogP contribution < -0.4 is 5.32 Å². The predicted octanol–water partition coefficient (Wildman–Crippen LogP) is -0.237. The van der Waals surface area contributed by atoms with E-state index in [1.165, 1.54) is 12.1 Å². The van der Waals surface area contributed by atoms with Gasteiger partial charge in [-0.1, -0.05) is 6.07 Å². The molecule has 0 aliphatic rings. The van der Waals surface area contributed by atoms with Gasteiger partial charge in [0, 0.05) is 6.26 Å². The van der Waals surface area contributed by atoms with E-state index in [-0.39, 0.29) is 5.69 Å². The third-order valence-corrected chi connectivity index (χ3v) is 3.51. The molecule has 0 spiro atoms. The van der Waals surface area contributed by atoms with Crippen molar-refractivity contribution < 1.29 is 23.6 Å². The fraction of sp³-hybridized carbons (Fsp3) is 0.400. The van der Waals surface area contributed by atoms with Gasteiger partial charge < -0.3 is 15.5 Å². The molecule has 1 aromatic carbocycles. The van der Waals surface area contributed by atoms with Crippen molar-refractivity contribution in [3.05, 3.63) is 28.3 Å². The van der Waals surface area contributed by atoms with Crippen LogP contribution in [0.15, 0.2) is 23.1 Å². The van der Waals surface area contributed by atoms with Gasteiger partial charge in [-0.3, -0.25) is 10.1 Å². The van der Waals surface area contributed by atoms with E-state index in [1.807, 2.05) is 0 Å². The molecule has 19 heavy (non-hydrogen) atoms. The van der Waals surface area contributed by atoms with Gasteiger partial charge >= 0.3 is 5.69 Å². The van der Waals surface area contributed by atoms with Crippen LogP contribution in [0.2, 0.25) is 0 Å². The Labute approximate surface area is 109 Å². The summed E-state index contributed by atoms with van der Waals surface area (Å²) in [7, 11) is -3.76. The first-order valence-electron chi connectivity index (χ1n) is 5.27. The highest BCUT2D eigenvalue weighted by Crippen LogP contribution is 2.32. The van der Waals surface area contributed by atoms with Gasteiger partial charge in [-0.15, -0.1) is 0 Å². The van der Waals surface area contributed by atoms with Gasteiger partial charge in [-0.05, 0) is 12.1 Å². The van der Waals surface area contributed by atoms with Crippen molar-refractivity contribution in [3.63, 3.8) is 0 Å². The summed E-state index contributed by atoms with van der Waals surface area (Å²) in [6.07, 6.45) is 0.870. The highest BCUT2D eigenvalue weighted by molar-refractivity contribution is 7.90. The Morgan fingerprint density at radius 1 is 1.37 bits per heavy atom. The first-order chi connectivity index (χ1) is 8.81. The molecule has 0 unspecified atom stereocenters. The van der Waals surface area contributed by atoms with E-state index in [0.29, 0.717) is 0 Å². The number of aliphatic hydroxyl groups excluding tert-OH is 2. The minimum Gasteiger partial charge on any atom is -0.394 e. The van der Waals surface area contributed by atoms with Crippen molar-refractivity contribution in [2.45, 2.75) is 10.9 Å². The molecular weight excluding hydrogens is 276 g/mol. The summed E-state index contributed by atoms with van der Waals surface area (Å²) in [6.45, 7) is -0.895. The second-order valence-corrected chi connectivity index (χ2v) is 5.87. The molecule has 0 aliphatic heterocycles. The fourth-order valence-electron chi connectivity index (χ4n) is 1.50. The van der Waals surface area contributed by atoms with E-state index in [9.17, 15) is 18.5 Å². The molecule has 106 valence electrons. The molecule has 1 aromatic rings. The summed E-state index contributed by atoms with van der Waals surface area (Å²) in [4.78, 5) is 9.79. The zero-order valence-electron chi connectivity index (χ0n) is 10.1. The van der Waals surface area contributed by atoms with Gasteiger partial charge in [0.2, 0.25) is 0 Å². The Morgan fingerprint density at radius 3 is 2.37 bits per heavy atom. The maximum Gasteiger partial charge on any atom is 0.310 e. The van der Waals surface area contributed by atoms with Crippen LogP contribution in [0.3, 0.4) is 0 Å². The average molecular weight is 290 g/mol. The van der Waals surface area contributed by atoms with Gasteiger partial charge in [0.1, 0.15) is 10.6 Å². The number of rotatable bonds is 6. The summed E-state index contributed by atoms with van der Waals surface area (Å²) in [5.74, 6) is 0. The highest BCUT2D eigenvalue weighted by Gasteiger charge is 2.26. The molecule has 0 aliphatic carbocycles. The second-order valence-electron chi connectivity index (χ2n) is 3.89. The number of nitro groups is 1. The van der Waals surface area contributed by atoms with Crippen LogP contribution in [-0.4, -0.2) is 49.1 Å². The summed E-state index contributed by atoms with van der Waals surface area (Å²) in [6, 6.07) is 2.97. The van der Waals surface area contributed by atoms with E-state index >= 15 is 0 Å². The van der Waals surface area contributed by atoms with Gasteiger partial charge in [-0.25, -0.2) is 8.42 Å². The van der Waals surface area contributed by atoms with E-state index in [0.717, 1.165) is 12.3 Å². The first kappa shape index (κ1) is 15.3. The van der Waals surface area contributed by atoms with Crippen LogP contribution in [0.1, 0.15) is 0 Å². The molecule has 0 amide bonds. The van der Waals surface area contributed by atoms with Gasteiger partial charge in [0.05, 0.1) is 24.2 Å². The summed E-state index contributed by atoms with van der Waals surface area (Å²) in [5, 5.41) is 31.4. The molecule has 3 N–H and O–H groups in total. The number of benzene rings is 1. The third-order valence-electron chi connectivity index (χ3n) is 2.38. The first-order valence-corrected chi connectivity index (χ1v) is 7.16. The zero-order valence-corrected chi connectivity index (χ0v) is 10.9. The molecule has 0 radical (unpaired) electrons. The number of nitro benzene ring substituents is 1. The van der Waals surface area contributed by atoms with Gasteiger partial charge in [0.25, 0.3) is 0 Å². The summed E-state index contributed by atoms with van der Waals surface area (Å²) < 4.78 is 23.0. The van der Waals surface area contributed by atoms with Crippen molar-refractivity contribution in [2.75, 3.05) is 24.8 Å². The smallest absolute Gasteiger partial charge is 0.310 e. The van der Waals surface area contributed by atoms with Crippen molar-refractivity contribution >= 4 is 21.2 Å². The number of anilines is 1. The minimum absolute atomic E-state index is 0.0685. The number of para-hydroxylation sites is 1. The lowest BCUT2D eigenvalue weighted by Gasteiger charge is -2.15. The Balaban J connectivity index is 3.37. The van der Waals surface area contributed by atoms with Crippen LogP contribution >= 0.6 is 0 Å². The topological polar surface area (TPSA) is 130 Å². The Morgan fingerprint density at radius 2 is 1.95 bits per heavy atom. The van der Waals surface area contributed by atoms with Gasteiger partial charge in [-0.2, -0.15) is 0 Å². The molecule has 0 bridgehead atoms. The molecule has 9 heteroatoms. The monoisotopic (exact) mass is 290 g/mol. The lowest BCUT2D eigenvalue weighted by molar-refractivity contribution is -0.386. The van der Waals surface area contributed by atoms with Crippen molar-refractivity contribution in [3.8, 4) is 0 Å². The van der Waals surface area contributed by atoms with Crippen LogP contribution in [0.25, 0.3) is 0 Å². The maximum atomic E-state index is 11.5. The molecule has 8 nitrogen and oxygen atoms in total. The van der Waals surface area contributed by atoms with Gasteiger partial charge in [0.15, 0.2) is 9.84 Å². The quantitative estimate of drug-likeness (QED) is 0.487. The zero-order chi connectivity index (χ0) is 14.6. The lowest BCUT2D eigenvalue weighted by Crippen LogP contribution is -2.28. The van der Waals surface area contributed by atoms with E-state index in [4.69, 9.17) is 10.2 Å². The number of hydrogen-bond donors (Lipinski definition) is 3. The van der Waals surface area contributed by atoms with Crippen LogP contribution in [0.5, 0.6) is 0 Å². The molecule has 1 rings (SSSR count). The number of aliphatic hydroxyl groups is 2. The largest absolute Gasteiger partial charge is 0.394 e. The summed E-state index contributed by atoms with van der Waals surface area (Å²) in [5.41, 5.74) is -0.669. The van der Waals surface area contributed by atoms with E-state index in [1.54, 1.807) is 0 Å². The van der Waals surface area contributed by atoms with Crippen molar-refractivity contribution in [1.29, 1.82) is 0 Å². The average Bonchev–Trinajstić information content (AvgIpc) is 2.34. The van der Waals surface area contributed by atoms with Crippen LogP contribution in [0, 0.1) is 10.1 Å². The Hall–Kier alpha value is -1.71. The number of sulfone groups is 1. The molecule has 0 aromatic heterocycles. The molecule has 0 heterocycles. The van der Waals surface area contributed by atoms with Crippen LogP contribution in [0.4, 0.5) is 11.4 Å². The third kappa shape index (κ3) is 3.63. The lowest BCUT2D eigenvalue weighted by atomic mass is 10.2.